The zero-order valence-corrected chi connectivity index (χ0v) is 51.3. The maximum atomic E-state index is 14.1. The van der Waals surface area contributed by atoms with Crippen LogP contribution in [-0.4, -0.2) is 102 Å². The Morgan fingerprint density at radius 3 is 0.968 bits per heavy atom. The lowest BCUT2D eigenvalue weighted by atomic mass is 10.1. The smallest absolute Gasteiger partial charge is 0.337 e. The van der Waals surface area contributed by atoms with E-state index >= 15 is 0 Å². The number of carbonyl (C=O) groups is 4. The first-order valence-corrected chi connectivity index (χ1v) is 26.9. The average molecular weight is 1380 g/mol. The number of Topliss-reactive ketones (excluding diaryl/α,β-unsaturated/α-hetero) is 1. The first-order valence-electron chi connectivity index (χ1n) is 26.5. The molecule has 0 saturated carbocycles. The number of hydrogen-bond donors (Lipinski definition) is 1. The Hall–Kier alpha value is -10.6. The van der Waals surface area contributed by atoms with Crippen molar-refractivity contribution in [2.24, 2.45) is 0 Å². The summed E-state index contributed by atoms with van der Waals surface area (Å²) in [4.78, 5) is 47.9. The highest BCUT2D eigenvalue weighted by Gasteiger charge is 2.30. The largest absolute Gasteiger partial charge is 0.504 e. The normalized spacial score (nSPS) is 10.2. The number of halogens is 13. The fraction of sp³-hybridized carbons (Fsp3) is 0.254. The number of ether oxygens (including phenoxy) is 12. The van der Waals surface area contributed by atoms with Crippen LogP contribution in [0.3, 0.4) is 0 Å². The topological polar surface area (TPSA) is 236 Å². The first-order chi connectivity index (χ1) is 44.7. The lowest BCUT2D eigenvalue weighted by Gasteiger charge is -2.14. The minimum absolute atomic E-state index is 0. The number of hydrogen-bond acceptors (Lipinski definition) is 17. The summed E-state index contributed by atoms with van der Waals surface area (Å²) >= 11 is 5.34. The summed E-state index contributed by atoms with van der Waals surface area (Å²) in [7, 11) is 7.69. The zero-order valence-electron chi connectivity index (χ0n) is 50.5. The Morgan fingerprint density at radius 2 is 0.684 bits per heavy atom. The molecule has 0 aliphatic carbocycles. The van der Waals surface area contributed by atoms with Crippen LogP contribution in [0.25, 0.3) is 5.53 Å². The van der Waals surface area contributed by atoms with Crippen LogP contribution >= 0.6 is 11.6 Å². The van der Waals surface area contributed by atoms with Crippen LogP contribution in [0.2, 0.25) is 0 Å². The van der Waals surface area contributed by atoms with Crippen LogP contribution in [0.15, 0.2) is 72.8 Å². The molecule has 0 aromatic heterocycles. The fourth-order valence-corrected chi connectivity index (χ4v) is 7.66. The summed E-state index contributed by atoms with van der Waals surface area (Å²) in [6, 6.07) is 15.7. The van der Waals surface area contributed by atoms with E-state index in [0.717, 1.165) is 0 Å². The molecule has 0 atom stereocenters. The Bertz CT molecular complexity index is 3870. The highest BCUT2D eigenvalue weighted by Crippen LogP contribution is 2.37. The van der Waals surface area contributed by atoms with Crippen molar-refractivity contribution in [3.63, 3.8) is 0 Å². The van der Waals surface area contributed by atoms with Crippen molar-refractivity contribution in [1.82, 2.24) is 0 Å². The van der Waals surface area contributed by atoms with Gasteiger partial charge in [0.15, 0.2) is 98.1 Å². The number of phenols is 1. The summed E-state index contributed by atoms with van der Waals surface area (Å²) in [6.45, 7) is 1.17. The molecular formula is C63H57ClF12N2O17. The number of ketones is 1. The number of nitrogens with zero attached hydrogens (tertiary/aromatic N) is 2. The van der Waals surface area contributed by atoms with Gasteiger partial charge in [-0.25, -0.2) is 35.9 Å². The average Bonchev–Trinajstić information content (AvgIpc) is 0.814. The molecule has 0 radical (unpaired) electrons. The van der Waals surface area contributed by atoms with E-state index in [1.165, 1.54) is 136 Å². The molecule has 512 valence electrons. The Morgan fingerprint density at radius 1 is 0.411 bits per heavy atom. The van der Waals surface area contributed by atoms with Crippen molar-refractivity contribution in [3.05, 3.63) is 187 Å². The molecule has 0 unspecified atom stereocenters. The predicted octanol–water partition coefficient (Wildman–Crippen LogP) is 14.2. The molecule has 32 heteroatoms. The summed E-state index contributed by atoms with van der Waals surface area (Å²) in [5.74, 6) is -24.6. The van der Waals surface area contributed by atoms with E-state index in [0.29, 0.717) is 11.8 Å². The van der Waals surface area contributed by atoms with Crippen molar-refractivity contribution in [2.75, 3.05) is 62.5 Å². The van der Waals surface area contributed by atoms with Crippen molar-refractivity contribution in [1.29, 1.82) is 0 Å². The molecule has 0 amide bonds. The quantitative estimate of drug-likeness (QED) is 0.00865. The van der Waals surface area contributed by atoms with Gasteiger partial charge in [0, 0.05) is 11.1 Å². The van der Waals surface area contributed by atoms with Crippen LogP contribution in [-0.2, 0) is 29.3 Å². The zero-order chi connectivity index (χ0) is 70.3. The second kappa shape index (κ2) is 37.2. The van der Waals surface area contributed by atoms with Crippen LogP contribution in [0.1, 0.15) is 86.3 Å². The lowest BCUT2D eigenvalue weighted by molar-refractivity contribution is 0.00233. The molecule has 7 aromatic carbocycles. The highest BCUT2D eigenvalue weighted by atomic mass is 35.5. The Kier molecular flexibility index (Phi) is 30.8. The van der Waals surface area contributed by atoms with Crippen molar-refractivity contribution >= 4 is 40.8 Å². The molecule has 0 fully saturated rings. The summed E-state index contributed by atoms with van der Waals surface area (Å²) < 4.78 is 226. The maximum absolute atomic E-state index is 14.1. The minimum Gasteiger partial charge on any atom is -0.504 e. The number of benzene rings is 7. The van der Waals surface area contributed by atoms with Crippen LogP contribution in [0.4, 0.5) is 52.7 Å². The van der Waals surface area contributed by atoms with Gasteiger partial charge in [0.05, 0.1) is 90.3 Å². The van der Waals surface area contributed by atoms with Gasteiger partial charge in [-0.2, -0.15) is 31.1 Å². The maximum Gasteiger partial charge on any atom is 0.337 e. The number of aromatic hydroxyl groups is 1. The molecule has 0 saturated heterocycles. The Labute approximate surface area is 538 Å². The molecular weight excluding hydrogens is 1320 g/mol. The van der Waals surface area contributed by atoms with Crippen LogP contribution < -0.4 is 47.4 Å². The van der Waals surface area contributed by atoms with E-state index in [9.17, 15) is 77.0 Å². The van der Waals surface area contributed by atoms with Crippen molar-refractivity contribution in [3.8, 4) is 63.2 Å². The second-order valence-electron chi connectivity index (χ2n) is 17.7. The molecule has 95 heavy (non-hydrogen) atoms. The second-order valence-corrected chi connectivity index (χ2v) is 18.0. The van der Waals surface area contributed by atoms with Crippen LogP contribution in [0, 0.1) is 69.8 Å². The van der Waals surface area contributed by atoms with Gasteiger partial charge in [0.25, 0.3) is 11.0 Å². The van der Waals surface area contributed by atoms with Gasteiger partial charge in [-0.3, -0.25) is 9.59 Å². The minimum atomic E-state index is -1.67. The van der Waals surface area contributed by atoms with Gasteiger partial charge in [-0.05, 0) is 105 Å². The summed E-state index contributed by atoms with van der Waals surface area (Å²) in [5.41, 5.74) is 6.18. The van der Waals surface area contributed by atoms with Crippen molar-refractivity contribution in [2.45, 2.75) is 48.0 Å². The molecule has 0 aliphatic heterocycles. The van der Waals surface area contributed by atoms with E-state index in [1.807, 2.05) is 0 Å². The molecule has 7 aromatic rings. The van der Waals surface area contributed by atoms with Crippen LogP contribution in [0.5, 0.6) is 63.2 Å². The third-order valence-electron chi connectivity index (χ3n) is 12.1. The summed E-state index contributed by atoms with van der Waals surface area (Å²) in [6.07, 6.45) is 0.658. The molecule has 0 spiro atoms. The van der Waals surface area contributed by atoms with Gasteiger partial charge in [0.1, 0.15) is 19.8 Å². The van der Waals surface area contributed by atoms with Gasteiger partial charge in [-0.15, -0.1) is 0 Å². The third-order valence-corrected chi connectivity index (χ3v) is 12.3. The van der Waals surface area contributed by atoms with E-state index in [4.69, 9.17) is 50.3 Å². The van der Waals surface area contributed by atoms with E-state index < -0.39 is 147 Å². The highest BCUT2D eigenvalue weighted by molar-refractivity contribution is 6.67. The summed E-state index contributed by atoms with van der Waals surface area (Å²) in [5, 5.41) is 8.46. The fourth-order valence-electron chi connectivity index (χ4n) is 7.54. The molecule has 1 N–H and O–H groups in total. The van der Waals surface area contributed by atoms with E-state index in [-0.39, 0.29) is 89.9 Å². The number of carbonyl (C=O) groups excluding carboxylic acids is 4. The number of methoxy groups -OCH3 is 6. The first kappa shape index (κ1) is 78.7. The molecule has 0 bridgehead atoms. The number of rotatable bonds is 24. The third kappa shape index (κ3) is 19.5. The SMILES string of the molecule is C.CCOc1c(F)c(F)c(COc2ccc(C(=O)C=[N+]=[N-])cc2OC)c(F)c1F.CCOc1c(F)c(F)c(COc2ccc(C(=O)Cl)cc2OC)c(F)c1F.CCOc1c(F)c(F)c(COc2ccc(C(=O)OC)cc2OC)c(F)c1F.COC(=O)c1ccc(O)c(OC)c1. The van der Waals surface area contributed by atoms with Gasteiger partial charge in [0.2, 0.25) is 34.9 Å². The molecule has 19 nitrogen and oxygen atoms in total. The Balaban J connectivity index is 0.000000338. The molecule has 7 rings (SSSR count). The lowest BCUT2D eigenvalue weighted by Crippen LogP contribution is -2.11. The van der Waals surface area contributed by atoms with Gasteiger partial charge in [-0.1, -0.05) is 7.43 Å². The number of phenolic OH excluding ortho intramolecular Hbond substituents is 1. The molecule has 0 heterocycles. The van der Waals surface area contributed by atoms with E-state index in [1.54, 1.807) is 0 Å². The van der Waals surface area contributed by atoms with E-state index in [2.05, 4.69) is 28.5 Å². The monoisotopic (exact) mass is 1380 g/mol. The number of esters is 2. The van der Waals surface area contributed by atoms with Gasteiger partial charge < -0.3 is 67.5 Å². The molecule has 0 aliphatic rings. The van der Waals surface area contributed by atoms with Gasteiger partial charge >= 0.3 is 18.2 Å². The predicted molar refractivity (Wildman–Crippen MR) is 313 cm³/mol. The standard InChI is InChI=1S/C18H14F4N2O4.C18H16F4O5.C17H13ClF4O4.C9H10O4.CH4/c1-3-27-18-16(21)14(19)10(15(20)17(18)22)8-28-12-5-4-9(6-13(12)26-2)11(25)7-24-23;1-4-26-17-15(21)13(19)10(14(20)16(17)22)8-27-11-6-5-9(18(23)25-3)7-12(11)24-2;1-3-25-16-14(21)12(19)9(13(20)15(16)22)7-26-10-5-4-8(17(18)23)6-11(10)24-2;1-12-8-5-6(9(11)13-2)3-4-7(8)10;/h4-7H,3,8H2,1-2H3;5-7H,4,8H2,1-3H3;4-6H,3,7H2,1-2H3;3-5,10H,1-2H3;1H4. The van der Waals surface area contributed by atoms with Crippen molar-refractivity contribution < 1.29 is 139 Å².